The number of nitrogens with one attached hydrogen (secondary N) is 4. The van der Waals surface area contributed by atoms with Crippen LogP contribution >= 0.6 is 7.82 Å². The fourth-order valence-corrected chi connectivity index (χ4v) is 5.19. The van der Waals surface area contributed by atoms with Crippen molar-refractivity contribution in [2.75, 3.05) is 46.0 Å². The van der Waals surface area contributed by atoms with Crippen molar-refractivity contribution in [3.63, 3.8) is 0 Å². The maximum atomic E-state index is 12.4. The van der Waals surface area contributed by atoms with Gasteiger partial charge in [0.05, 0.1) is 26.3 Å². The van der Waals surface area contributed by atoms with Crippen molar-refractivity contribution < 1.29 is 61.5 Å². The first kappa shape index (κ1) is 48.7. The van der Waals surface area contributed by atoms with E-state index in [1.807, 2.05) is 0 Å². The number of carbonyl (C=O) groups is 6. The van der Waals surface area contributed by atoms with Gasteiger partial charge in [-0.3, -0.25) is 33.0 Å². The second-order valence-corrected chi connectivity index (χ2v) is 14.7. The summed E-state index contributed by atoms with van der Waals surface area (Å²) in [5.41, 5.74) is -0.737. The molecule has 2 unspecified atom stereocenters. The second-order valence-electron chi connectivity index (χ2n) is 13.3. The van der Waals surface area contributed by atoms with Crippen LogP contribution in [0, 0.1) is 0 Å². The molecule has 0 rings (SSSR count). The number of esters is 2. The second kappa shape index (κ2) is 29.2. The molecule has 0 spiro atoms. The van der Waals surface area contributed by atoms with Crippen LogP contribution in [0.15, 0.2) is 0 Å². The molecule has 4 amide bonds. The van der Waals surface area contributed by atoms with Crippen LogP contribution in [0.25, 0.3) is 0 Å². The molecule has 17 nitrogen and oxygen atoms in total. The van der Waals surface area contributed by atoms with Gasteiger partial charge < -0.3 is 40.4 Å². The van der Waals surface area contributed by atoms with Crippen molar-refractivity contribution in [1.29, 1.82) is 0 Å². The molecular weight excluding hydrogens is 703 g/mol. The number of phosphoric acid groups is 1. The summed E-state index contributed by atoms with van der Waals surface area (Å²) >= 11 is 0. The average Bonchev–Trinajstić information content (AvgIpc) is 3.06. The fourth-order valence-electron chi connectivity index (χ4n) is 4.44. The smallest absolute Gasteiger partial charge is 0.462 e. The van der Waals surface area contributed by atoms with E-state index in [1.165, 1.54) is 64.7 Å². The first-order valence-electron chi connectivity index (χ1n) is 18.2. The fraction of sp³-hybridized carbons (Fsp3) is 0.824. The van der Waals surface area contributed by atoms with Crippen molar-refractivity contribution in [2.24, 2.45) is 0 Å². The number of rotatable bonds is 30. The van der Waals surface area contributed by atoms with Crippen molar-refractivity contribution >= 4 is 43.6 Å². The van der Waals surface area contributed by atoms with Crippen LogP contribution in [0.2, 0.25) is 0 Å². The van der Waals surface area contributed by atoms with E-state index in [1.54, 1.807) is 20.8 Å². The molecule has 0 aliphatic heterocycles. The predicted molar refractivity (Wildman–Crippen MR) is 192 cm³/mol. The molecular formula is C34H63N4O13P. The molecule has 5 N–H and O–H groups in total. The number of hydrogen-bond acceptors (Lipinski definition) is 12. The molecule has 0 bridgehead atoms. The monoisotopic (exact) mass is 766 g/mol. The minimum Gasteiger partial charge on any atom is -0.462 e. The summed E-state index contributed by atoms with van der Waals surface area (Å²) in [5, 5.41) is 9.13. The van der Waals surface area contributed by atoms with Crippen molar-refractivity contribution in [2.45, 2.75) is 136 Å². The lowest BCUT2D eigenvalue weighted by atomic mass is 10.0. The van der Waals surface area contributed by atoms with Gasteiger partial charge >= 0.3 is 25.9 Å². The lowest BCUT2D eigenvalue weighted by molar-refractivity contribution is -0.160. The van der Waals surface area contributed by atoms with E-state index >= 15 is 0 Å². The van der Waals surface area contributed by atoms with Crippen molar-refractivity contribution in [3.8, 4) is 0 Å². The summed E-state index contributed by atoms with van der Waals surface area (Å²) in [5.74, 6) is -3.17. The standard InChI is InChI=1S/C34H63N4O13P/c1-6-7-8-9-10-11-12-13-14-15-16-17-18-19-32(43)50-28(25-47-27(2)39)26-49-52(45,46)48-21-20-35-29(40)22-36-30(41)23-37-31(42)24-38-33(44)51-34(3,4)5/h28H,6-26H2,1-5H3,(H,35,40)(H,36,41)(H,37,42)(H,38,44)(H,45,46). The molecule has 0 aromatic heterocycles. The number of carbonyl (C=O) groups excluding carboxylic acids is 6. The Morgan fingerprint density at radius 2 is 1.15 bits per heavy atom. The van der Waals surface area contributed by atoms with Crippen molar-refractivity contribution in [1.82, 2.24) is 21.3 Å². The maximum absolute atomic E-state index is 12.4. The lowest BCUT2D eigenvalue weighted by Crippen LogP contribution is -2.45. The third-order valence-electron chi connectivity index (χ3n) is 7.04. The van der Waals surface area contributed by atoms with Crippen LogP contribution in [-0.4, -0.2) is 98.4 Å². The molecule has 0 radical (unpaired) electrons. The molecule has 0 aliphatic rings. The van der Waals surface area contributed by atoms with Gasteiger partial charge in [-0.1, -0.05) is 84.0 Å². The molecule has 0 saturated carbocycles. The highest BCUT2D eigenvalue weighted by molar-refractivity contribution is 7.47. The maximum Gasteiger partial charge on any atom is 0.472 e. The molecule has 302 valence electrons. The summed E-state index contributed by atoms with van der Waals surface area (Å²) in [6, 6.07) is 0. The number of alkyl carbamates (subject to hydrolysis) is 1. The zero-order chi connectivity index (χ0) is 39.3. The molecule has 0 aromatic rings. The van der Waals surface area contributed by atoms with Crippen molar-refractivity contribution in [3.05, 3.63) is 0 Å². The van der Waals surface area contributed by atoms with Gasteiger partial charge in [0.25, 0.3) is 0 Å². The van der Waals surface area contributed by atoms with E-state index in [4.69, 9.17) is 23.3 Å². The minimum atomic E-state index is -4.65. The summed E-state index contributed by atoms with van der Waals surface area (Å²) in [6.45, 7) is 5.41. The first-order chi connectivity index (χ1) is 24.5. The number of hydrogen-bond donors (Lipinski definition) is 5. The van der Waals surface area contributed by atoms with Crippen LogP contribution in [0.5, 0.6) is 0 Å². The minimum absolute atomic E-state index is 0.143. The molecule has 0 aliphatic carbocycles. The molecule has 18 heteroatoms. The number of ether oxygens (including phenoxy) is 3. The summed E-state index contributed by atoms with van der Waals surface area (Å²) in [7, 11) is -4.65. The molecule has 52 heavy (non-hydrogen) atoms. The molecule has 0 saturated heterocycles. The van der Waals surface area contributed by atoms with E-state index in [0.717, 1.165) is 19.3 Å². The highest BCUT2D eigenvalue weighted by Gasteiger charge is 2.26. The Morgan fingerprint density at radius 1 is 0.673 bits per heavy atom. The van der Waals surface area contributed by atoms with Crippen LogP contribution in [0.4, 0.5) is 4.79 Å². The topological polar surface area (TPSA) is 234 Å². The van der Waals surface area contributed by atoms with E-state index in [0.29, 0.717) is 6.42 Å². The zero-order valence-electron chi connectivity index (χ0n) is 31.7. The lowest BCUT2D eigenvalue weighted by Gasteiger charge is -2.19. The van der Waals surface area contributed by atoms with Crippen LogP contribution in [-0.2, 0) is 51.8 Å². The van der Waals surface area contributed by atoms with Gasteiger partial charge in [0.2, 0.25) is 17.7 Å². The molecule has 0 aromatic carbocycles. The van der Waals surface area contributed by atoms with Crippen LogP contribution in [0.3, 0.4) is 0 Å². The predicted octanol–water partition coefficient (Wildman–Crippen LogP) is 3.95. The quantitative estimate of drug-likeness (QED) is 0.0302. The van der Waals surface area contributed by atoms with E-state index < -0.39 is 88.1 Å². The Morgan fingerprint density at radius 3 is 1.65 bits per heavy atom. The largest absolute Gasteiger partial charge is 0.472 e. The van der Waals surface area contributed by atoms with Gasteiger partial charge in [-0.05, 0) is 27.2 Å². The molecule has 0 fully saturated rings. The third-order valence-corrected chi connectivity index (χ3v) is 8.03. The SMILES string of the molecule is CCCCCCCCCCCCCCCC(=O)OC(COC(C)=O)COP(=O)(O)OCCNC(=O)CNC(=O)CNC(=O)CNC(=O)OC(C)(C)C. The van der Waals surface area contributed by atoms with Gasteiger partial charge in [-0.25, -0.2) is 9.36 Å². The summed E-state index contributed by atoms with van der Waals surface area (Å²) in [4.78, 5) is 80.8. The Hall–Kier alpha value is -3.27. The first-order valence-corrected chi connectivity index (χ1v) is 19.7. The Balaban J connectivity index is 4.23. The van der Waals surface area contributed by atoms with Crippen LogP contribution in [0.1, 0.15) is 125 Å². The van der Waals surface area contributed by atoms with Crippen LogP contribution < -0.4 is 21.3 Å². The number of unbranched alkanes of at least 4 members (excludes halogenated alkanes) is 12. The third kappa shape index (κ3) is 32.6. The zero-order valence-corrected chi connectivity index (χ0v) is 32.6. The van der Waals surface area contributed by atoms with E-state index in [2.05, 4.69) is 28.2 Å². The Kier molecular flexibility index (Phi) is 27.4. The summed E-state index contributed by atoms with van der Waals surface area (Å²) in [6.07, 6.45) is 13.3. The van der Waals surface area contributed by atoms with Gasteiger partial charge in [-0.2, -0.15) is 0 Å². The van der Waals surface area contributed by atoms with Gasteiger partial charge in [0.1, 0.15) is 18.8 Å². The number of amides is 4. The Bertz CT molecular complexity index is 1120. The molecule has 2 atom stereocenters. The summed E-state index contributed by atoms with van der Waals surface area (Å²) < 4.78 is 37.2. The highest BCUT2D eigenvalue weighted by atomic mass is 31.2. The van der Waals surface area contributed by atoms with Gasteiger partial charge in [0.15, 0.2) is 6.10 Å². The average molecular weight is 767 g/mol. The number of phosphoric ester groups is 1. The van der Waals surface area contributed by atoms with E-state index in [-0.39, 0.29) is 19.6 Å². The molecule has 0 heterocycles. The van der Waals surface area contributed by atoms with Gasteiger partial charge in [-0.15, -0.1) is 0 Å². The Labute approximate surface area is 308 Å². The highest BCUT2D eigenvalue weighted by Crippen LogP contribution is 2.43. The normalized spacial score (nSPS) is 12.9. The van der Waals surface area contributed by atoms with Gasteiger partial charge in [0, 0.05) is 19.9 Å². The van der Waals surface area contributed by atoms with E-state index in [9.17, 15) is 38.2 Å².